The van der Waals surface area contributed by atoms with Gasteiger partial charge in [0.1, 0.15) is 17.3 Å². The first-order chi connectivity index (χ1) is 14.4. The van der Waals surface area contributed by atoms with Gasteiger partial charge in [-0.25, -0.2) is 4.99 Å². The summed E-state index contributed by atoms with van der Waals surface area (Å²) in [5.41, 5.74) is 5.64. The van der Waals surface area contributed by atoms with Crippen LogP contribution in [0.4, 0.5) is 8.78 Å². The number of nitrogens with zero attached hydrogens (tertiary/aromatic N) is 1. The fourth-order valence-corrected chi connectivity index (χ4v) is 2.46. The fourth-order valence-electron chi connectivity index (χ4n) is 2.46. The highest BCUT2D eigenvalue weighted by molar-refractivity contribution is 5.89. The van der Waals surface area contributed by atoms with Gasteiger partial charge in [-0.1, -0.05) is 6.92 Å². The number of carbonyl (C=O) groups excluding carboxylic acids is 1. The van der Waals surface area contributed by atoms with E-state index in [9.17, 15) is 13.6 Å². The molecular weight excluding hydrogens is 398 g/mol. The number of furan rings is 1. The number of rotatable bonds is 11. The Morgan fingerprint density at radius 1 is 1.23 bits per heavy atom. The molecule has 2 aromatic rings. The number of nitrogens with two attached hydrogens (primary N) is 1. The molecule has 0 atom stereocenters. The van der Waals surface area contributed by atoms with E-state index in [0.717, 1.165) is 6.42 Å². The minimum absolute atomic E-state index is 0.00957. The molecule has 0 bridgehead atoms. The molecule has 0 saturated carbocycles. The predicted octanol–water partition coefficient (Wildman–Crippen LogP) is 3.02. The van der Waals surface area contributed by atoms with Crippen LogP contribution in [0.3, 0.4) is 0 Å². The van der Waals surface area contributed by atoms with E-state index in [1.165, 1.54) is 12.1 Å². The fraction of sp³-hybridized carbons (Fsp3) is 0.400. The monoisotopic (exact) mass is 424 g/mol. The molecule has 164 valence electrons. The Morgan fingerprint density at radius 3 is 2.67 bits per heavy atom. The van der Waals surface area contributed by atoms with Gasteiger partial charge in [0.15, 0.2) is 11.7 Å². The first-order valence-electron chi connectivity index (χ1n) is 9.54. The van der Waals surface area contributed by atoms with E-state index in [0.29, 0.717) is 36.2 Å². The molecule has 1 aromatic carbocycles. The van der Waals surface area contributed by atoms with Crippen LogP contribution >= 0.6 is 0 Å². The molecule has 1 aromatic heterocycles. The van der Waals surface area contributed by atoms with E-state index in [1.54, 1.807) is 18.2 Å². The van der Waals surface area contributed by atoms with Gasteiger partial charge in [-0.2, -0.15) is 8.78 Å². The van der Waals surface area contributed by atoms with Crippen LogP contribution in [0, 0.1) is 0 Å². The van der Waals surface area contributed by atoms with Crippen LogP contribution < -0.4 is 25.8 Å². The highest BCUT2D eigenvalue weighted by Crippen LogP contribution is 2.27. The van der Waals surface area contributed by atoms with Crippen molar-refractivity contribution in [3.63, 3.8) is 0 Å². The quantitative estimate of drug-likeness (QED) is 0.378. The Hall–Kier alpha value is -3.30. The summed E-state index contributed by atoms with van der Waals surface area (Å²) in [4.78, 5) is 15.5. The Labute approximate surface area is 173 Å². The zero-order chi connectivity index (χ0) is 21.9. The predicted molar refractivity (Wildman–Crippen MR) is 108 cm³/mol. The molecule has 0 radical (unpaired) electrons. The molecule has 0 saturated heterocycles. The highest BCUT2D eigenvalue weighted by atomic mass is 19.3. The van der Waals surface area contributed by atoms with Gasteiger partial charge in [-0.05, 0) is 37.6 Å². The maximum absolute atomic E-state index is 12.8. The summed E-state index contributed by atoms with van der Waals surface area (Å²) in [6, 6.07) is 7.87. The molecule has 0 aliphatic rings. The van der Waals surface area contributed by atoms with Crippen molar-refractivity contribution in [3.8, 4) is 11.5 Å². The maximum atomic E-state index is 12.8. The van der Waals surface area contributed by atoms with Crippen molar-refractivity contribution in [2.24, 2.45) is 10.7 Å². The highest BCUT2D eigenvalue weighted by Gasteiger charge is 2.12. The maximum Gasteiger partial charge on any atom is 0.387 e. The minimum Gasteiger partial charge on any atom is -0.493 e. The van der Waals surface area contributed by atoms with Crippen LogP contribution in [-0.4, -0.2) is 31.6 Å². The number of alkyl halides is 2. The number of guanidine groups is 1. The number of hydrogen-bond acceptors (Lipinski definition) is 5. The number of nitrogens with one attached hydrogen (secondary N) is 2. The summed E-state index contributed by atoms with van der Waals surface area (Å²) >= 11 is 0. The Bertz CT molecular complexity index is 855. The summed E-state index contributed by atoms with van der Waals surface area (Å²) in [6.07, 6.45) is 0.797. The summed E-state index contributed by atoms with van der Waals surface area (Å²) < 4.78 is 41.0. The van der Waals surface area contributed by atoms with Crippen molar-refractivity contribution in [3.05, 3.63) is 47.4 Å². The van der Waals surface area contributed by atoms with E-state index >= 15 is 0 Å². The molecule has 8 nitrogen and oxygen atoms in total. The smallest absolute Gasteiger partial charge is 0.387 e. The number of primary amides is 1. The van der Waals surface area contributed by atoms with Gasteiger partial charge < -0.3 is 30.3 Å². The molecular formula is C20H26F2N4O4. The Kier molecular flexibility index (Phi) is 8.92. The molecule has 0 unspecified atom stereocenters. The summed E-state index contributed by atoms with van der Waals surface area (Å²) in [7, 11) is 0. The third-order valence-electron chi connectivity index (χ3n) is 3.81. The lowest BCUT2D eigenvalue weighted by molar-refractivity contribution is -0.0505. The number of ether oxygens (including phenoxy) is 2. The second-order valence-electron chi connectivity index (χ2n) is 6.18. The molecule has 0 fully saturated rings. The van der Waals surface area contributed by atoms with E-state index < -0.39 is 12.5 Å². The van der Waals surface area contributed by atoms with E-state index in [1.807, 2.05) is 13.8 Å². The van der Waals surface area contributed by atoms with Crippen molar-refractivity contribution in [1.82, 2.24) is 10.6 Å². The number of hydrogen-bond donors (Lipinski definition) is 3. The van der Waals surface area contributed by atoms with Gasteiger partial charge in [0.2, 0.25) is 0 Å². The number of carbonyl (C=O) groups is 1. The van der Waals surface area contributed by atoms with Crippen molar-refractivity contribution < 1.29 is 27.5 Å². The Morgan fingerprint density at radius 2 is 2.03 bits per heavy atom. The topological polar surface area (TPSA) is 111 Å². The van der Waals surface area contributed by atoms with E-state index in [4.69, 9.17) is 14.9 Å². The SMILES string of the molecule is CCCOc1ccc(CN=C(NCC)NCc2ccc(C(N)=O)o2)c(OC(F)F)c1. The van der Waals surface area contributed by atoms with Crippen LogP contribution in [0.25, 0.3) is 0 Å². The lowest BCUT2D eigenvalue weighted by atomic mass is 10.2. The number of benzene rings is 1. The molecule has 10 heteroatoms. The van der Waals surface area contributed by atoms with Crippen LogP contribution in [0.2, 0.25) is 0 Å². The largest absolute Gasteiger partial charge is 0.493 e. The molecule has 30 heavy (non-hydrogen) atoms. The molecule has 1 heterocycles. The van der Waals surface area contributed by atoms with Gasteiger partial charge in [0, 0.05) is 18.2 Å². The summed E-state index contributed by atoms with van der Waals surface area (Å²) in [5.74, 6) is 0.800. The zero-order valence-electron chi connectivity index (χ0n) is 16.9. The lowest BCUT2D eigenvalue weighted by Gasteiger charge is -2.14. The van der Waals surface area contributed by atoms with E-state index in [-0.39, 0.29) is 24.6 Å². The summed E-state index contributed by atoms with van der Waals surface area (Å²) in [5, 5.41) is 6.08. The molecule has 4 N–H and O–H groups in total. The Balaban J connectivity index is 2.10. The molecule has 0 spiro atoms. The lowest BCUT2D eigenvalue weighted by Crippen LogP contribution is -2.36. The average molecular weight is 424 g/mol. The van der Waals surface area contributed by atoms with E-state index in [2.05, 4.69) is 20.4 Å². The first-order valence-corrected chi connectivity index (χ1v) is 9.54. The van der Waals surface area contributed by atoms with Crippen molar-refractivity contribution in [1.29, 1.82) is 0 Å². The van der Waals surface area contributed by atoms with Gasteiger partial charge in [-0.3, -0.25) is 4.79 Å². The standard InChI is InChI=1S/C20H26F2N4O4/c1-3-9-28-14-6-5-13(17(10-14)30-19(21)22)11-25-20(24-4-2)26-12-15-7-8-16(29-15)18(23)27/h5-8,10,19H,3-4,9,11-12H2,1-2H3,(H2,23,27)(H2,24,25,26). The molecule has 0 aliphatic heterocycles. The molecule has 1 amide bonds. The minimum atomic E-state index is -2.96. The third kappa shape index (κ3) is 7.26. The van der Waals surface area contributed by atoms with Gasteiger partial charge in [-0.15, -0.1) is 0 Å². The van der Waals surface area contributed by atoms with Crippen LogP contribution in [0.5, 0.6) is 11.5 Å². The van der Waals surface area contributed by atoms with Crippen molar-refractivity contribution >= 4 is 11.9 Å². The zero-order valence-corrected chi connectivity index (χ0v) is 16.9. The van der Waals surface area contributed by atoms with Gasteiger partial charge in [0.05, 0.1) is 19.7 Å². The molecule has 0 aliphatic carbocycles. The van der Waals surface area contributed by atoms with Gasteiger partial charge in [0.25, 0.3) is 5.91 Å². The van der Waals surface area contributed by atoms with Crippen LogP contribution in [0.1, 0.15) is 42.1 Å². The second kappa shape index (κ2) is 11.6. The summed E-state index contributed by atoms with van der Waals surface area (Å²) in [6.45, 7) is 2.29. The number of halogens is 2. The van der Waals surface area contributed by atoms with Crippen LogP contribution in [-0.2, 0) is 13.1 Å². The first kappa shape index (κ1) is 23.0. The third-order valence-corrected chi connectivity index (χ3v) is 3.81. The molecule has 2 rings (SSSR count). The van der Waals surface area contributed by atoms with Crippen molar-refractivity contribution in [2.45, 2.75) is 40.0 Å². The van der Waals surface area contributed by atoms with Crippen LogP contribution in [0.15, 0.2) is 39.7 Å². The second-order valence-corrected chi connectivity index (χ2v) is 6.18. The van der Waals surface area contributed by atoms with Gasteiger partial charge >= 0.3 is 6.61 Å². The number of amides is 1. The average Bonchev–Trinajstić information content (AvgIpc) is 3.18. The number of aliphatic imine (C=N–C) groups is 1. The normalized spacial score (nSPS) is 11.4. The van der Waals surface area contributed by atoms with Crippen molar-refractivity contribution in [2.75, 3.05) is 13.2 Å².